The first kappa shape index (κ1) is 21.4. The fourth-order valence-corrected chi connectivity index (χ4v) is 4.09. The van der Waals surface area contributed by atoms with Gasteiger partial charge in [-0.1, -0.05) is 60.7 Å². The van der Waals surface area contributed by atoms with Gasteiger partial charge in [-0.25, -0.2) is 0 Å². The predicted molar refractivity (Wildman–Crippen MR) is 110 cm³/mol. The number of aliphatic hydroxyl groups is 1. The number of aliphatic hydroxyl groups excluding tert-OH is 1. The Morgan fingerprint density at radius 2 is 1.50 bits per heavy atom. The van der Waals surface area contributed by atoms with Crippen LogP contribution in [-0.2, 0) is 36.9 Å². The summed E-state index contributed by atoms with van der Waals surface area (Å²) in [7, 11) is 0. The Hall–Kier alpha value is -1.80. The molecule has 2 heterocycles. The topological polar surface area (TPSA) is 66.4 Å². The summed E-state index contributed by atoms with van der Waals surface area (Å²) in [6, 6.07) is 19.8. The van der Waals surface area contributed by atoms with Crippen LogP contribution in [0.1, 0.15) is 31.9 Å². The van der Waals surface area contributed by atoms with Crippen LogP contribution in [0.2, 0.25) is 0 Å². The molecule has 2 aromatic rings. The molecule has 4 rings (SSSR count). The normalized spacial score (nSPS) is 30.9. The zero-order valence-corrected chi connectivity index (χ0v) is 17.7. The van der Waals surface area contributed by atoms with Crippen molar-refractivity contribution in [3.63, 3.8) is 0 Å². The van der Waals surface area contributed by atoms with Crippen molar-refractivity contribution in [2.24, 2.45) is 0 Å². The third-order valence-corrected chi connectivity index (χ3v) is 5.62. The molecule has 2 aliphatic heterocycles. The smallest absolute Gasteiger partial charge is 0.190 e. The first-order chi connectivity index (χ1) is 14.4. The molecular formula is C24H30O6. The molecule has 2 fully saturated rings. The van der Waals surface area contributed by atoms with Gasteiger partial charge >= 0.3 is 0 Å². The van der Waals surface area contributed by atoms with E-state index >= 15 is 0 Å². The van der Waals surface area contributed by atoms with E-state index < -0.39 is 36.0 Å². The number of benzene rings is 2. The van der Waals surface area contributed by atoms with Gasteiger partial charge in [0.15, 0.2) is 12.1 Å². The van der Waals surface area contributed by atoms with Gasteiger partial charge in [-0.05, 0) is 31.9 Å². The van der Waals surface area contributed by atoms with Crippen LogP contribution in [0, 0.1) is 0 Å². The summed E-state index contributed by atoms with van der Waals surface area (Å²) in [5.74, 6) is -0.778. The minimum Gasteiger partial charge on any atom is -0.390 e. The standard InChI is InChI=1S/C24H30O6/c1-17(25)24(16-26-14-18-10-6-4-7-11-18)21(27-15-19-12-8-5-9-13-19)20-22(30-24)29-23(2,3)28-20/h4-13,17,20-22,25H,14-16H2,1-3H3/t17?,20-,21+,22+,24+/m1/s1. The fourth-order valence-electron chi connectivity index (χ4n) is 4.09. The lowest BCUT2D eigenvalue weighted by Gasteiger charge is -2.38. The van der Waals surface area contributed by atoms with Crippen LogP contribution in [0.25, 0.3) is 0 Å². The molecule has 2 saturated heterocycles. The van der Waals surface area contributed by atoms with Crippen molar-refractivity contribution in [2.75, 3.05) is 6.61 Å². The van der Waals surface area contributed by atoms with Crippen molar-refractivity contribution in [1.29, 1.82) is 0 Å². The molecule has 0 amide bonds. The largest absolute Gasteiger partial charge is 0.390 e. The fraction of sp³-hybridized carbons (Fsp3) is 0.500. The van der Waals surface area contributed by atoms with E-state index in [4.69, 9.17) is 23.7 Å². The predicted octanol–water partition coefficient (Wildman–Crippen LogP) is 3.42. The van der Waals surface area contributed by atoms with E-state index in [2.05, 4.69) is 0 Å². The van der Waals surface area contributed by atoms with Crippen molar-refractivity contribution in [3.05, 3.63) is 71.8 Å². The maximum absolute atomic E-state index is 10.8. The average molecular weight is 414 g/mol. The Bertz CT molecular complexity index is 809. The van der Waals surface area contributed by atoms with E-state index in [9.17, 15) is 5.11 Å². The van der Waals surface area contributed by atoms with Crippen molar-refractivity contribution in [2.45, 2.75) is 70.0 Å². The lowest BCUT2D eigenvalue weighted by molar-refractivity contribution is -0.273. The lowest BCUT2D eigenvalue weighted by atomic mass is 9.90. The van der Waals surface area contributed by atoms with Crippen LogP contribution in [0.15, 0.2) is 60.7 Å². The average Bonchev–Trinajstić information content (AvgIpc) is 3.17. The van der Waals surface area contributed by atoms with E-state index in [0.717, 1.165) is 11.1 Å². The second-order valence-corrected chi connectivity index (χ2v) is 8.41. The summed E-state index contributed by atoms with van der Waals surface area (Å²) in [6.07, 6.45) is -2.50. The monoisotopic (exact) mass is 414 g/mol. The highest BCUT2D eigenvalue weighted by molar-refractivity contribution is 5.15. The molecule has 30 heavy (non-hydrogen) atoms. The number of hydrogen-bond donors (Lipinski definition) is 1. The number of hydrogen-bond acceptors (Lipinski definition) is 6. The minimum absolute atomic E-state index is 0.152. The van der Waals surface area contributed by atoms with Gasteiger partial charge in [0.2, 0.25) is 0 Å². The maximum Gasteiger partial charge on any atom is 0.190 e. The van der Waals surface area contributed by atoms with E-state index in [1.807, 2.05) is 74.5 Å². The first-order valence-corrected chi connectivity index (χ1v) is 10.4. The summed E-state index contributed by atoms with van der Waals surface area (Å²) in [6.45, 7) is 6.32. The van der Waals surface area contributed by atoms with Gasteiger partial charge in [0.1, 0.15) is 17.8 Å². The van der Waals surface area contributed by atoms with Crippen LogP contribution in [0.5, 0.6) is 0 Å². The highest BCUT2D eigenvalue weighted by Gasteiger charge is 2.64. The second kappa shape index (κ2) is 8.75. The molecule has 0 radical (unpaired) electrons. The van der Waals surface area contributed by atoms with Gasteiger partial charge in [0, 0.05) is 0 Å². The second-order valence-electron chi connectivity index (χ2n) is 8.41. The Balaban J connectivity index is 1.53. The molecular weight excluding hydrogens is 384 g/mol. The van der Waals surface area contributed by atoms with Crippen molar-refractivity contribution < 1.29 is 28.8 Å². The summed E-state index contributed by atoms with van der Waals surface area (Å²) in [4.78, 5) is 0. The van der Waals surface area contributed by atoms with Crippen LogP contribution in [-0.4, -0.2) is 47.7 Å². The minimum atomic E-state index is -1.10. The SMILES string of the molecule is CC(O)[C@]1(COCc2ccccc2)O[C@@H]2OC(C)(C)O[C@@H]2[C@@H]1OCc1ccccc1. The Morgan fingerprint density at radius 1 is 0.900 bits per heavy atom. The molecule has 0 aliphatic carbocycles. The number of ether oxygens (including phenoxy) is 5. The summed E-state index contributed by atoms with van der Waals surface area (Å²) >= 11 is 0. The summed E-state index contributed by atoms with van der Waals surface area (Å²) in [5.41, 5.74) is 0.978. The van der Waals surface area contributed by atoms with Crippen LogP contribution < -0.4 is 0 Å². The zero-order valence-electron chi connectivity index (χ0n) is 17.7. The van der Waals surface area contributed by atoms with Gasteiger partial charge in [0.05, 0.1) is 25.9 Å². The molecule has 0 bridgehead atoms. The van der Waals surface area contributed by atoms with Crippen molar-refractivity contribution in [1.82, 2.24) is 0 Å². The zero-order chi connectivity index (χ0) is 21.2. The van der Waals surface area contributed by atoms with Crippen LogP contribution in [0.4, 0.5) is 0 Å². The van der Waals surface area contributed by atoms with Gasteiger partial charge < -0.3 is 28.8 Å². The maximum atomic E-state index is 10.8. The Labute approximate surface area is 177 Å². The summed E-state index contributed by atoms with van der Waals surface area (Å²) in [5, 5.41) is 10.8. The molecule has 0 spiro atoms. The number of rotatable bonds is 8. The van der Waals surface area contributed by atoms with E-state index in [1.54, 1.807) is 6.92 Å². The molecule has 0 saturated carbocycles. The highest BCUT2D eigenvalue weighted by Crippen LogP contribution is 2.45. The molecule has 2 aromatic carbocycles. The molecule has 0 aromatic heterocycles. The quantitative estimate of drug-likeness (QED) is 0.714. The van der Waals surface area contributed by atoms with Crippen molar-refractivity contribution in [3.8, 4) is 0 Å². The molecule has 1 N–H and O–H groups in total. The summed E-state index contributed by atoms with van der Waals surface area (Å²) < 4.78 is 30.6. The third-order valence-electron chi connectivity index (χ3n) is 5.62. The molecule has 6 nitrogen and oxygen atoms in total. The van der Waals surface area contributed by atoms with Crippen LogP contribution in [0.3, 0.4) is 0 Å². The first-order valence-electron chi connectivity index (χ1n) is 10.4. The van der Waals surface area contributed by atoms with E-state index in [-0.39, 0.29) is 6.61 Å². The molecule has 1 unspecified atom stereocenters. The van der Waals surface area contributed by atoms with Crippen molar-refractivity contribution >= 4 is 0 Å². The Morgan fingerprint density at radius 3 is 2.10 bits per heavy atom. The lowest BCUT2D eigenvalue weighted by Crippen LogP contribution is -2.56. The van der Waals surface area contributed by atoms with Gasteiger partial charge in [-0.2, -0.15) is 0 Å². The molecule has 162 valence electrons. The van der Waals surface area contributed by atoms with E-state index in [1.165, 1.54) is 0 Å². The van der Waals surface area contributed by atoms with E-state index in [0.29, 0.717) is 13.2 Å². The Kier molecular flexibility index (Phi) is 6.25. The van der Waals surface area contributed by atoms with Gasteiger partial charge in [-0.3, -0.25) is 0 Å². The van der Waals surface area contributed by atoms with Gasteiger partial charge in [-0.15, -0.1) is 0 Å². The molecule has 5 atom stereocenters. The van der Waals surface area contributed by atoms with Gasteiger partial charge in [0.25, 0.3) is 0 Å². The molecule has 2 aliphatic rings. The third kappa shape index (κ3) is 4.44. The highest BCUT2D eigenvalue weighted by atomic mass is 16.8. The molecule has 6 heteroatoms. The number of fused-ring (bicyclic) bond motifs is 1. The van der Waals surface area contributed by atoms with Crippen LogP contribution >= 0.6 is 0 Å².